The van der Waals surface area contributed by atoms with Crippen LogP contribution in [0.15, 0.2) is 17.5 Å². The quantitative estimate of drug-likeness (QED) is 0.0187. The molecule has 0 unspecified atom stereocenters. The highest BCUT2D eigenvalue weighted by Gasteiger charge is 2.36. The Balaban J connectivity index is 3.31. The summed E-state index contributed by atoms with van der Waals surface area (Å²) in [5.41, 5.74) is 17.1. The monoisotopic (exact) mass is 1010 g/mol. The summed E-state index contributed by atoms with van der Waals surface area (Å²) in [5.74, 6) is -11.6. The minimum atomic E-state index is -1.80. The zero-order valence-corrected chi connectivity index (χ0v) is 41.9. The van der Waals surface area contributed by atoms with Crippen molar-refractivity contribution >= 4 is 65.2 Å². The number of aliphatic hydroxyl groups is 1. The molecule has 71 heavy (non-hydrogen) atoms. The van der Waals surface area contributed by atoms with E-state index in [0.717, 1.165) is 0 Å². The van der Waals surface area contributed by atoms with Crippen LogP contribution in [0.4, 0.5) is 0 Å². The minimum Gasteiger partial charge on any atom is -0.481 e. The Kier molecular flexibility index (Phi) is 26.8. The molecule has 18 N–H and O–H groups in total. The molecular weight excluding hydrogens is 933 g/mol. The number of aliphatic hydroxyl groups excluding tert-OH is 1. The first-order valence-corrected chi connectivity index (χ1v) is 23.3. The number of aliphatic imine (C=N–C) groups is 1. The van der Waals surface area contributed by atoms with Gasteiger partial charge in [0.1, 0.15) is 42.3 Å². The Labute approximate surface area is 412 Å². The van der Waals surface area contributed by atoms with Crippen molar-refractivity contribution in [2.45, 2.75) is 155 Å². The summed E-state index contributed by atoms with van der Waals surface area (Å²) in [7, 11) is 0. The van der Waals surface area contributed by atoms with Gasteiger partial charge in [0.05, 0.1) is 31.4 Å². The standard InChI is InChI=1S/C44H76N14O13/c1-20(2)13-27(54-40(67)30(16-32(61)62)56-42(69)35(24(9)59)58-41(68)33(45)22(5)6)36(63)50-18-31(60)52-28(14-21(3)4)38(65)55-29(15-25-17-48-19-51-25)39(66)53-26(11-10-12-49-44(46)47)37(64)57-34(23(7)8)43(70)71/h17,19-24,26-30,33-35,59H,10-16,18,45H2,1-9H3,(H,48,51)(H,50,63)(H,52,60)(H,53,66)(H,54,67)(H,55,65)(H,56,69)(H,57,64)(H,58,68)(H,61,62)(H,70,71)(H4,46,47,49)/t24-,26+,27+,28+,29+,30+,33+,34+,35+/m1/s1. The average Bonchev–Trinajstić information content (AvgIpc) is 3.78. The van der Waals surface area contributed by atoms with Gasteiger partial charge >= 0.3 is 11.9 Å². The summed E-state index contributed by atoms with van der Waals surface area (Å²) in [6, 6.07) is -11.2. The molecule has 0 fully saturated rings. The fraction of sp³-hybridized carbons (Fsp3) is 0.682. The van der Waals surface area contributed by atoms with Gasteiger partial charge in [0.15, 0.2) is 5.96 Å². The molecule has 0 radical (unpaired) electrons. The van der Waals surface area contributed by atoms with E-state index in [4.69, 9.17) is 17.2 Å². The Morgan fingerprint density at radius 2 is 1.14 bits per heavy atom. The number of amides is 8. The maximum Gasteiger partial charge on any atom is 0.326 e. The van der Waals surface area contributed by atoms with Crippen molar-refractivity contribution in [3.63, 3.8) is 0 Å². The number of guanidine groups is 1. The predicted octanol–water partition coefficient (Wildman–Crippen LogP) is -3.81. The molecule has 8 amide bonds. The highest BCUT2D eigenvalue weighted by atomic mass is 16.4. The summed E-state index contributed by atoms with van der Waals surface area (Å²) in [6.07, 6.45) is 0.256. The van der Waals surface area contributed by atoms with Crippen LogP contribution in [0.3, 0.4) is 0 Å². The molecule has 1 rings (SSSR count). The smallest absolute Gasteiger partial charge is 0.326 e. The van der Waals surface area contributed by atoms with Crippen LogP contribution in [-0.4, -0.2) is 158 Å². The highest BCUT2D eigenvalue weighted by molar-refractivity contribution is 5.98. The molecule has 0 saturated carbocycles. The van der Waals surface area contributed by atoms with Gasteiger partial charge in [0.25, 0.3) is 0 Å². The average molecular weight is 1010 g/mol. The number of aromatic nitrogens is 2. The highest BCUT2D eigenvalue weighted by Crippen LogP contribution is 2.11. The molecular formula is C44H76N14O13. The first kappa shape index (κ1) is 62.1. The summed E-state index contributed by atoms with van der Waals surface area (Å²) in [5, 5.41) is 49.1. The molecule has 1 aromatic rings. The van der Waals surface area contributed by atoms with Crippen molar-refractivity contribution < 1.29 is 63.3 Å². The number of carboxylic acids is 2. The second kappa shape index (κ2) is 30.7. The number of hydrogen-bond acceptors (Lipinski definition) is 14. The number of nitrogens with zero attached hydrogens (tertiary/aromatic N) is 2. The molecule has 27 heteroatoms. The molecule has 1 aromatic heterocycles. The van der Waals surface area contributed by atoms with E-state index in [1.807, 2.05) is 0 Å². The summed E-state index contributed by atoms with van der Waals surface area (Å²) in [4.78, 5) is 142. The fourth-order valence-corrected chi connectivity index (χ4v) is 6.73. The number of rotatable bonds is 32. The van der Waals surface area contributed by atoms with E-state index in [1.165, 1.54) is 19.4 Å². The van der Waals surface area contributed by atoms with Crippen LogP contribution in [0.25, 0.3) is 0 Å². The number of nitrogens with one attached hydrogen (secondary N) is 9. The normalized spacial score (nSPS) is 15.1. The molecule has 9 atom stereocenters. The number of nitrogens with two attached hydrogens (primary N) is 3. The largest absolute Gasteiger partial charge is 0.481 e. The maximum absolute atomic E-state index is 14.0. The Morgan fingerprint density at radius 1 is 0.634 bits per heavy atom. The molecule has 0 aromatic carbocycles. The number of aromatic amines is 1. The number of carbonyl (C=O) groups is 10. The molecule has 0 aliphatic carbocycles. The Morgan fingerprint density at radius 3 is 1.63 bits per heavy atom. The van der Waals surface area contributed by atoms with E-state index in [1.54, 1.807) is 55.4 Å². The van der Waals surface area contributed by atoms with Gasteiger partial charge in [0, 0.05) is 24.9 Å². The lowest BCUT2D eigenvalue weighted by molar-refractivity contribution is -0.143. The number of carbonyl (C=O) groups excluding carboxylic acids is 8. The number of aliphatic carboxylic acids is 2. The van der Waals surface area contributed by atoms with Gasteiger partial charge in [-0.1, -0.05) is 55.4 Å². The molecule has 0 saturated heterocycles. The number of imidazole rings is 1. The fourth-order valence-electron chi connectivity index (χ4n) is 6.73. The van der Waals surface area contributed by atoms with Gasteiger partial charge in [0.2, 0.25) is 47.3 Å². The maximum atomic E-state index is 14.0. The summed E-state index contributed by atoms with van der Waals surface area (Å²) in [6.45, 7) is 14.0. The first-order valence-electron chi connectivity index (χ1n) is 23.3. The van der Waals surface area contributed by atoms with E-state index in [2.05, 4.69) is 57.5 Å². The number of hydrogen-bond donors (Lipinski definition) is 15. The second-order valence-corrected chi connectivity index (χ2v) is 18.7. The summed E-state index contributed by atoms with van der Waals surface area (Å²) >= 11 is 0. The number of H-pyrrole nitrogens is 1. The SMILES string of the molecule is CC(C)C[C@H](NC(=O)CNC(=O)[C@H](CC(C)C)NC(=O)[C@H](CC(=O)O)NC(=O)[C@@H](NC(=O)[C@@H](N)C(C)C)[C@@H](C)O)C(=O)N[C@@H](Cc1cnc[nH]1)C(=O)N[C@@H](CCCN=C(N)N)C(=O)N[C@H](C(=O)O)C(C)C. The molecule has 27 nitrogen and oxygen atoms in total. The Hall–Kier alpha value is -6.90. The third-order valence-corrected chi connectivity index (χ3v) is 10.6. The van der Waals surface area contributed by atoms with Crippen molar-refractivity contribution in [2.75, 3.05) is 13.1 Å². The van der Waals surface area contributed by atoms with Crippen LogP contribution in [0.1, 0.15) is 100 Å². The van der Waals surface area contributed by atoms with E-state index in [0.29, 0.717) is 5.69 Å². The van der Waals surface area contributed by atoms with Gasteiger partial charge in [-0.2, -0.15) is 0 Å². The third kappa shape index (κ3) is 23.5. The molecule has 400 valence electrons. The van der Waals surface area contributed by atoms with Gasteiger partial charge in [-0.05, 0) is 56.3 Å². The topological polar surface area (TPSA) is 447 Å². The third-order valence-electron chi connectivity index (χ3n) is 10.6. The van der Waals surface area contributed by atoms with Crippen LogP contribution in [0, 0.1) is 23.7 Å². The van der Waals surface area contributed by atoms with Crippen molar-refractivity contribution in [3.05, 3.63) is 18.2 Å². The number of carboxylic acid groups (broad SMARTS) is 2. The van der Waals surface area contributed by atoms with Crippen LogP contribution in [0.2, 0.25) is 0 Å². The predicted molar refractivity (Wildman–Crippen MR) is 257 cm³/mol. The Bertz CT molecular complexity index is 1990. The van der Waals surface area contributed by atoms with Crippen LogP contribution in [0.5, 0.6) is 0 Å². The second-order valence-electron chi connectivity index (χ2n) is 18.7. The minimum absolute atomic E-state index is 0.0266. The summed E-state index contributed by atoms with van der Waals surface area (Å²) < 4.78 is 0. The van der Waals surface area contributed by atoms with Crippen LogP contribution in [-0.2, 0) is 54.4 Å². The van der Waals surface area contributed by atoms with Crippen molar-refractivity contribution in [1.29, 1.82) is 0 Å². The van der Waals surface area contributed by atoms with Gasteiger partial charge in [-0.25, -0.2) is 9.78 Å². The van der Waals surface area contributed by atoms with Gasteiger partial charge in [-0.15, -0.1) is 0 Å². The first-order chi connectivity index (χ1) is 33.0. The van der Waals surface area contributed by atoms with E-state index in [9.17, 15) is 63.3 Å². The van der Waals surface area contributed by atoms with Crippen molar-refractivity contribution in [3.8, 4) is 0 Å². The lowest BCUT2D eigenvalue weighted by Gasteiger charge is -2.27. The van der Waals surface area contributed by atoms with Crippen molar-refractivity contribution in [1.82, 2.24) is 52.5 Å². The molecule has 0 bridgehead atoms. The van der Waals surface area contributed by atoms with E-state index in [-0.39, 0.29) is 62.4 Å². The molecule has 0 aliphatic heterocycles. The zero-order chi connectivity index (χ0) is 54.3. The lowest BCUT2D eigenvalue weighted by atomic mass is 10.0. The molecule has 0 aliphatic rings. The zero-order valence-electron chi connectivity index (χ0n) is 41.9. The van der Waals surface area contributed by atoms with Crippen LogP contribution < -0.4 is 59.7 Å². The molecule has 0 spiro atoms. The van der Waals surface area contributed by atoms with Crippen molar-refractivity contribution in [2.24, 2.45) is 45.9 Å². The van der Waals surface area contributed by atoms with E-state index < -0.39 is 133 Å². The molecule has 1 heterocycles. The van der Waals surface area contributed by atoms with Crippen LogP contribution >= 0.6 is 0 Å². The van der Waals surface area contributed by atoms with Gasteiger partial charge in [-0.3, -0.25) is 48.1 Å². The van der Waals surface area contributed by atoms with E-state index >= 15 is 0 Å². The lowest BCUT2D eigenvalue weighted by Crippen LogP contribution is -2.61. The van der Waals surface area contributed by atoms with Gasteiger partial charge < -0.3 is 80.0 Å².